The van der Waals surface area contributed by atoms with E-state index in [2.05, 4.69) is 14.9 Å². The molecule has 0 aliphatic carbocycles. The Morgan fingerprint density at radius 1 is 1.27 bits per heavy atom. The summed E-state index contributed by atoms with van der Waals surface area (Å²) in [5.74, 6) is -1.09. The van der Waals surface area contributed by atoms with E-state index in [1.807, 2.05) is 45.9 Å². The normalized spacial score (nSPS) is 16.3. The minimum Gasteiger partial charge on any atom is -0.479 e. The highest BCUT2D eigenvalue weighted by molar-refractivity contribution is 7.16. The molecule has 2 aromatic heterocycles. The fourth-order valence-corrected chi connectivity index (χ4v) is 5.45. The number of carbonyl (C=O) groups is 1. The fourth-order valence-electron chi connectivity index (χ4n) is 4.74. The first-order valence-electron chi connectivity index (χ1n) is 11.3. The number of fused-ring (bicyclic) bond motifs is 1. The Labute approximate surface area is 197 Å². The summed E-state index contributed by atoms with van der Waals surface area (Å²) < 4.78 is 9.11. The van der Waals surface area contributed by atoms with Crippen molar-refractivity contribution in [2.24, 2.45) is 0 Å². The van der Waals surface area contributed by atoms with Crippen molar-refractivity contribution in [3.8, 4) is 11.1 Å². The molecule has 0 amide bonds. The van der Waals surface area contributed by atoms with Crippen molar-refractivity contribution in [1.82, 2.24) is 14.9 Å². The summed E-state index contributed by atoms with van der Waals surface area (Å²) in [6.07, 6.45) is 0.473. The number of rotatable bonds is 5. The number of pyridine rings is 1. The van der Waals surface area contributed by atoms with Crippen molar-refractivity contribution >= 4 is 27.5 Å². The molecule has 33 heavy (non-hydrogen) atoms. The average molecular weight is 470 g/mol. The second-order valence-corrected chi connectivity index (χ2v) is 10.5. The molecule has 1 aliphatic heterocycles. The molecule has 0 saturated carbocycles. The van der Waals surface area contributed by atoms with E-state index in [0.717, 1.165) is 47.4 Å². The molecular formula is C25H31N3O4S. The summed E-state index contributed by atoms with van der Waals surface area (Å²) in [6, 6.07) is 5.94. The monoisotopic (exact) mass is 469 g/mol. The van der Waals surface area contributed by atoms with Gasteiger partial charge in [-0.05, 0) is 78.2 Å². The van der Waals surface area contributed by atoms with E-state index in [4.69, 9.17) is 4.74 Å². The Hall–Kier alpha value is -2.55. The number of carboxylic acid groups (broad SMARTS) is 1. The zero-order chi connectivity index (χ0) is 23.9. The molecule has 8 heteroatoms. The van der Waals surface area contributed by atoms with Gasteiger partial charge in [0.2, 0.25) is 0 Å². The van der Waals surface area contributed by atoms with Crippen molar-refractivity contribution < 1.29 is 14.6 Å². The quantitative estimate of drug-likeness (QED) is 0.567. The molecule has 1 aromatic carbocycles. The maximum atomic E-state index is 13.7. The molecule has 0 spiro atoms. The molecule has 1 saturated heterocycles. The number of hydrogen-bond donors (Lipinski definition) is 2. The van der Waals surface area contributed by atoms with E-state index in [9.17, 15) is 14.7 Å². The first-order valence-corrected chi connectivity index (χ1v) is 12.2. The van der Waals surface area contributed by atoms with E-state index in [0.29, 0.717) is 16.8 Å². The van der Waals surface area contributed by atoms with Gasteiger partial charge in [0.25, 0.3) is 0 Å². The first-order chi connectivity index (χ1) is 15.6. The van der Waals surface area contributed by atoms with Crippen LogP contribution in [0.1, 0.15) is 62.7 Å². The molecule has 1 aliphatic rings. The standard InChI is InChI=1S/C25H31N3O4S/c1-14-21(23(24(30)31)32-25(3,4)5)28(17-8-10-26-11-9-17)15(2)20(22(14)29)16-6-7-18-19(12-16)33-13-27-18/h6-7,12-13,17,23,26H,8-11H2,1-5H3,(H,30,31). The topological polar surface area (TPSA) is 93.4 Å². The first kappa shape index (κ1) is 23.6. The van der Waals surface area contributed by atoms with Crippen LogP contribution in [0.15, 0.2) is 28.5 Å². The van der Waals surface area contributed by atoms with Crippen LogP contribution in [0.25, 0.3) is 21.3 Å². The van der Waals surface area contributed by atoms with Gasteiger partial charge in [0.05, 0.1) is 27.0 Å². The summed E-state index contributed by atoms with van der Waals surface area (Å²) in [6.45, 7) is 10.8. The summed E-state index contributed by atoms with van der Waals surface area (Å²) in [5.41, 5.74) is 4.96. The lowest BCUT2D eigenvalue weighted by atomic mass is 9.94. The summed E-state index contributed by atoms with van der Waals surface area (Å²) in [5, 5.41) is 13.5. The summed E-state index contributed by atoms with van der Waals surface area (Å²) >= 11 is 1.54. The third-order valence-electron chi connectivity index (χ3n) is 6.17. The Balaban J connectivity index is 2.00. The second-order valence-electron chi connectivity index (χ2n) is 9.63. The fraction of sp³-hybridized carbons (Fsp3) is 0.480. The Morgan fingerprint density at radius 2 is 1.97 bits per heavy atom. The molecule has 176 valence electrons. The number of hydrogen-bond acceptors (Lipinski definition) is 6. The minimum atomic E-state index is -1.23. The van der Waals surface area contributed by atoms with E-state index in [-0.39, 0.29) is 11.5 Å². The number of carboxylic acids is 1. The molecule has 0 radical (unpaired) electrons. The van der Waals surface area contributed by atoms with Crippen molar-refractivity contribution in [2.75, 3.05) is 13.1 Å². The van der Waals surface area contributed by atoms with Gasteiger partial charge in [-0.15, -0.1) is 11.3 Å². The highest BCUT2D eigenvalue weighted by Gasteiger charge is 2.35. The van der Waals surface area contributed by atoms with Gasteiger partial charge in [0.1, 0.15) is 0 Å². The molecule has 1 unspecified atom stereocenters. The predicted octanol–water partition coefficient (Wildman–Crippen LogP) is 4.61. The molecular weight excluding hydrogens is 438 g/mol. The minimum absolute atomic E-state index is 0.0804. The molecule has 2 N–H and O–H groups in total. The summed E-state index contributed by atoms with van der Waals surface area (Å²) in [4.78, 5) is 30.5. The highest BCUT2D eigenvalue weighted by Crippen LogP contribution is 2.35. The third-order valence-corrected chi connectivity index (χ3v) is 6.96. The molecule has 0 bridgehead atoms. The van der Waals surface area contributed by atoms with Gasteiger partial charge in [-0.2, -0.15) is 0 Å². The zero-order valence-corrected chi connectivity index (χ0v) is 20.6. The lowest BCUT2D eigenvalue weighted by Crippen LogP contribution is -2.37. The van der Waals surface area contributed by atoms with Crippen LogP contribution in [0, 0.1) is 13.8 Å². The van der Waals surface area contributed by atoms with Gasteiger partial charge >= 0.3 is 5.97 Å². The van der Waals surface area contributed by atoms with Crippen LogP contribution in [0.4, 0.5) is 0 Å². The predicted molar refractivity (Wildman–Crippen MR) is 131 cm³/mol. The Kier molecular flexibility index (Phi) is 6.44. The SMILES string of the molecule is Cc1c(C(OC(C)(C)C)C(=O)O)n(C2CCNCC2)c(C)c(-c2ccc3ncsc3c2)c1=O. The lowest BCUT2D eigenvalue weighted by molar-refractivity contribution is -0.161. The average Bonchev–Trinajstić information content (AvgIpc) is 3.22. The smallest absolute Gasteiger partial charge is 0.339 e. The lowest BCUT2D eigenvalue weighted by Gasteiger charge is -2.35. The van der Waals surface area contributed by atoms with E-state index < -0.39 is 17.7 Å². The van der Waals surface area contributed by atoms with Gasteiger partial charge < -0.3 is 19.7 Å². The number of aliphatic carboxylic acids is 1. The van der Waals surface area contributed by atoms with Gasteiger partial charge in [0, 0.05) is 22.9 Å². The number of nitrogens with zero attached hydrogens (tertiary/aromatic N) is 2. The van der Waals surface area contributed by atoms with Crippen molar-refractivity contribution in [3.63, 3.8) is 0 Å². The molecule has 3 aromatic rings. The molecule has 1 atom stereocenters. The molecule has 4 rings (SSSR count). The maximum Gasteiger partial charge on any atom is 0.339 e. The van der Waals surface area contributed by atoms with Crippen LogP contribution in [-0.4, -0.2) is 39.3 Å². The summed E-state index contributed by atoms with van der Waals surface area (Å²) in [7, 11) is 0. The maximum absolute atomic E-state index is 13.7. The number of benzene rings is 1. The number of aromatic nitrogens is 2. The van der Waals surface area contributed by atoms with Crippen LogP contribution in [0.3, 0.4) is 0 Å². The van der Waals surface area contributed by atoms with Crippen molar-refractivity contribution in [3.05, 3.63) is 50.9 Å². The van der Waals surface area contributed by atoms with E-state index in [1.54, 1.807) is 12.4 Å². The van der Waals surface area contributed by atoms with Gasteiger partial charge in [-0.25, -0.2) is 9.78 Å². The number of ether oxygens (including phenoxy) is 1. The third kappa shape index (κ3) is 4.60. The molecule has 7 nitrogen and oxygen atoms in total. The van der Waals surface area contributed by atoms with E-state index in [1.165, 1.54) is 11.3 Å². The van der Waals surface area contributed by atoms with Gasteiger partial charge in [-0.3, -0.25) is 4.79 Å². The zero-order valence-electron chi connectivity index (χ0n) is 19.8. The van der Waals surface area contributed by atoms with Gasteiger partial charge in [0.15, 0.2) is 11.5 Å². The number of nitrogens with one attached hydrogen (secondary N) is 1. The molecule has 1 fully saturated rings. The second kappa shape index (κ2) is 9.00. The van der Waals surface area contributed by atoms with Crippen LogP contribution < -0.4 is 10.7 Å². The largest absolute Gasteiger partial charge is 0.479 e. The van der Waals surface area contributed by atoms with E-state index >= 15 is 0 Å². The Morgan fingerprint density at radius 3 is 2.61 bits per heavy atom. The molecule has 3 heterocycles. The van der Waals surface area contributed by atoms with Crippen LogP contribution in [-0.2, 0) is 9.53 Å². The van der Waals surface area contributed by atoms with Gasteiger partial charge in [-0.1, -0.05) is 6.07 Å². The highest BCUT2D eigenvalue weighted by atomic mass is 32.1. The van der Waals surface area contributed by atoms with Crippen LogP contribution in [0.5, 0.6) is 0 Å². The number of piperidine rings is 1. The van der Waals surface area contributed by atoms with Crippen LogP contribution in [0.2, 0.25) is 0 Å². The number of thiazole rings is 1. The Bertz CT molecular complexity index is 1250. The van der Waals surface area contributed by atoms with Crippen molar-refractivity contribution in [1.29, 1.82) is 0 Å². The van der Waals surface area contributed by atoms with Crippen molar-refractivity contribution in [2.45, 2.75) is 65.2 Å². The van der Waals surface area contributed by atoms with Crippen LogP contribution >= 0.6 is 11.3 Å².